The van der Waals surface area contributed by atoms with Crippen LogP contribution in [0.4, 0.5) is 0 Å². The van der Waals surface area contributed by atoms with Gasteiger partial charge in [0.1, 0.15) is 0 Å². The quantitative estimate of drug-likeness (QED) is 0.793. The largest absolute Gasteiger partial charge is 0.396 e. The van der Waals surface area contributed by atoms with Crippen LogP contribution in [-0.4, -0.2) is 41.8 Å². The van der Waals surface area contributed by atoms with Crippen LogP contribution < -0.4 is 0 Å². The Bertz CT molecular complexity index is 650. The van der Waals surface area contributed by atoms with Crippen molar-refractivity contribution in [1.82, 2.24) is 10.1 Å². The molecule has 21 heavy (non-hydrogen) atoms. The van der Waals surface area contributed by atoms with Crippen LogP contribution in [0.3, 0.4) is 0 Å². The minimum absolute atomic E-state index is 0.00772. The maximum Gasteiger partial charge on any atom is 0.227 e. The molecule has 1 atom stereocenters. The summed E-state index contributed by atoms with van der Waals surface area (Å²) in [6.45, 7) is 1.59. The molecule has 2 heterocycles. The Labute approximate surface area is 127 Å². The fourth-order valence-corrected chi connectivity index (χ4v) is 4.25. The minimum Gasteiger partial charge on any atom is -0.396 e. The topological polar surface area (TPSA) is 93.3 Å². The molecular weight excluding hydrogens is 312 g/mol. The third kappa shape index (κ3) is 4.90. The van der Waals surface area contributed by atoms with Crippen LogP contribution in [0.1, 0.15) is 19.2 Å². The molecule has 0 spiro atoms. The van der Waals surface area contributed by atoms with Crippen LogP contribution in [0.5, 0.6) is 0 Å². The van der Waals surface area contributed by atoms with Gasteiger partial charge in [0.15, 0.2) is 9.84 Å². The number of aryl methyl sites for hydroxylation is 1. The number of aromatic nitrogens is 2. The highest BCUT2D eigenvalue weighted by molar-refractivity contribution is 7.91. The van der Waals surface area contributed by atoms with Gasteiger partial charge in [0, 0.05) is 13.0 Å². The Balaban J connectivity index is 1.84. The smallest absolute Gasteiger partial charge is 0.227 e. The van der Waals surface area contributed by atoms with Gasteiger partial charge in [0.05, 0.1) is 16.4 Å². The van der Waals surface area contributed by atoms with Gasteiger partial charge in [-0.3, -0.25) is 0 Å². The molecule has 0 bridgehead atoms. The van der Waals surface area contributed by atoms with Crippen molar-refractivity contribution in [3.63, 3.8) is 0 Å². The Kier molecular flexibility index (Phi) is 5.49. The molecular formula is C13H18N2O4S2. The zero-order valence-electron chi connectivity index (χ0n) is 11.7. The molecule has 0 aliphatic rings. The Hall–Kier alpha value is -1.25. The molecule has 0 saturated heterocycles. The van der Waals surface area contributed by atoms with E-state index in [0.717, 1.165) is 4.88 Å². The molecule has 0 radical (unpaired) electrons. The van der Waals surface area contributed by atoms with Crippen molar-refractivity contribution < 1.29 is 18.0 Å². The number of aliphatic hydroxyl groups excluding tert-OH is 1. The van der Waals surface area contributed by atoms with Gasteiger partial charge < -0.3 is 9.63 Å². The molecule has 0 aliphatic carbocycles. The highest BCUT2D eigenvalue weighted by atomic mass is 32.2. The SMILES string of the molecule is CC(CO)CS(=O)(=O)CCCc1nc(-c2cccs2)no1. The number of hydrogen-bond donors (Lipinski definition) is 1. The van der Waals surface area contributed by atoms with Crippen molar-refractivity contribution in [2.24, 2.45) is 5.92 Å². The first kappa shape index (κ1) is 16.1. The van der Waals surface area contributed by atoms with Crippen molar-refractivity contribution >= 4 is 21.2 Å². The summed E-state index contributed by atoms with van der Waals surface area (Å²) in [6, 6.07) is 3.81. The van der Waals surface area contributed by atoms with Crippen molar-refractivity contribution in [3.05, 3.63) is 23.4 Å². The average Bonchev–Trinajstić information content (AvgIpc) is 3.08. The maximum absolute atomic E-state index is 11.8. The van der Waals surface area contributed by atoms with Crippen LogP contribution >= 0.6 is 11.3 Å². The molecule has 2 aromatic rings. The normalized spacial score (nSPS) is 13.4. The predicted octanol–water partition coefficient (Wildman–Crippen LogP) is 1.77. The molecule has 0 saturated carbocycles. The van der Waals surface area contributed by atoms with Crippen LogP contribution in [-0.2, 0) is 16.3 Å². The lowest BCUT2D eigenvalue weighted by atomic mass is 10.2. The van der Waals surface area contributed by atoms with Gasteiger partial charge in [0.25, 0.3) is 0 Å². The molecule has 6 nitrogen and oxygen atoms in total. The standard InChI is InChI=1S/C13H18N2O4S2/c1-10(8-16)9-21(17,18)7-3-5-12-14-13(15-19-12)11-4-2-6-20-11/h2,4,6,10,16H,3,5,7-9H2,1H3. The van der Waals surface area contributed by atoms with E-state index in [1.807, 2.05) is 17.5 Å². The zero-order chi connectivity index (χ0) is 15.3. The first-order valence-electron chi connectivity index (χ1n) is 6.68. The van der Waals surface area contributed by atoms with E-state index in [0.29, 0.717) is 24.6 Å². The number of hydrogen-bond acceptors (Lipinski definition) is 7. The molecule has 0 amide bonds. The first-order valence-corrected chi connectivity index (χ1v) is 9.38. The summed E-state index contributed by atoms with van der Waals surface area (Å²) in [5.41, 5.74) is 0. The van der Waals surface area contributed by atoms with Gasteiger partial charge in [0.2, 0.25) is 11.7 Å². The van der Waals surface area contributed by atoms with E-state index in [9.17, 15) is 8.42 Å². The number of rotatable bonds is 8. The second-order valence-electron chi connectivity index (χ2n) is 4.99. The highest BCUT2D eigenvalue weighted by Gasteiger charge is 2.16. The molecule has 116 valence electrons. The van der Waals surface area contributed by atoms with E-state index in [-0.39, 0.29) is 24.0 Å². The summed E-state index contributed by atoms with van der Waals surface area (Å²) >= 11 is 1.52. The Morgan fingerprint density at radius 3 is 2.95 bits per heavy atom. The van der Waals surface area contributed by atoms with E-state index in [2.05, 4.69) is 10.1 Å². The molecule has 0 aliphatic heterocycles. The number of thiophene rings is 1. The minimum atomic E-state index is -3.15. The Morgan fingerprint density at radius 1 is 1.48 bits per heavy atom. The Morgan fingerprint density at radius 2 is 2.29 bits per heavy atom. The lowest BCUT2D eigenvalue weighted by Crippen LogP contribution is -2.19. The molecule has 0 aromatic carbocycles. The van der Waals surface area contributed by atoms with Gasteiger partial charge in [-0.25, -0.2) is 8.42 Å². The molecule has 1 unspecified atom stereocenters. The van der Waals surface area contributed by atoms with E-state index in [1.165, 1.54) is 11.3 Å². The van der Waals surface area contributed by atoms with Crippen molar-refractivity contribution in [2.45, 2.75) is 19.8 Å². The number of aliphatic hydroxyl groups is 1. The van der Waals surface area contributed by atoms with Gasteiger partial charge in [-0.1, -0.05) is 18.1 Å². The predicted molar refractivity (Wildman–Crippen MR) is 80.8 cm³/mol. The number of sulfone groups is 1. The maximum atomic E-state index is 11.8. The summed E-state index contributed by atoms with van der Waals surface area (Å²) in [7, 11) is -3.15. The summed E-state index contributed by atoms with van der Waals surface area (Å²) in [4.78, 5) is 5.17. The molecule has 8 heteroatoms. The molecule has 2 rings (SSSR count). The van der Waals surface area contributed by atoms with Gasteiger partial charge in [-0.2, -0.15) is 4.98 Å². The van der Waals surface area contributed by atoms with Crippen LogP contribution in [0.25, 0.3) is 10.7 Å². The average molecular weight is 330 g/mol. The summed E-state index contributed by atoms with van der Waals surface area (Å²) in [6.07, 6.45) is 0.873. The van der Waals surface area contributed by atoms with E-state index in [1.54, 1.807) is 6.92 Å². The second kappa shape index (κ2) is 7.15. The van der Waals surface area contributed by atoms with Gasteiger partial charge in [-0.15, -0.1) is 11.3 Å². The summed E-state index contributed by atoms with van der Waals surface area (Å²) in [5, 5.41) is 14.7. The molecule has 1 N–H and O–H groups in total. The third-order valence-corrected chi connectivity index (χ3v) is 5.76. The van der Waals surface area contributed by atoms with Crippen molar-refractivity contribution in [1.29, 1.82) is 0 Å². The first-order chi connectivity index (χ1) is 10.00. The molecule has 0 fully saturated rings. The lowest BCUT2D eigenvalue weighted by molar-refractivity contribution is 0.249. The third-order valence-electron chi connectivity index (χ3n) is 2.91. The summed E-state index contributed by atoms with van der Waals surface area (Å²) < 4.78 is 28.7. The second-order valence-corrected chi connectivity index (χ2v) is 8.17. The highest BCUT2D eigenvalue weighted by Crippen LogP contribution is 2.21. The molecule has 2 aromatic heterocycles. The zero-order valence-corrected chi connectivity index (χ0v) is 13.4. The lowest BCUT2D eigenvalue weighted by Gasteiger charge is -2.07. The van der Waals surface area contributed by atoms with Crippen molar-refractivity contribution in [2.75, 3.05) is 18.1 Å². The van der Waals surface area contributed by atoms with E-state index >= 15 is 0 Å². The van der Waals surface area contributed by atoms with Crippen LogP contribution in [0.2, 0.25) is 0 Å². The van der Waals surface area contributed by atoms with E-state index < -0.39 is 9.84 Å². The summed E-state index contributed by atoms with van der Waals surface area (Å²) in [5.74, 6) is 0.825. The monoisotopic (exact) mass is 330 g/mol. The van der Waals surface area contributed by atoms with Crippen LogP contribution in [0.15, 0.2) is 22.0 Å². The fraction of sp³-hybridized carbons (Fsp3) is 0.538. The van der Waals surface area contributed by atoms with Gasteiger partial charge >= 0.3 is 0 Å². The fourth-order valence-electron chi connectivity index (χ4n) is 1.88. The van der Waals surface area contributed by atoms with E-state index in [4.69, 9.17) is 9.63 Å². The van der Waals surface area contributed by atoms with Gasteiger partial charge in [-0.05, 0) is 23.8 Å². The van der Waals surface area contributed by atoms with Crippen molar-refractivity contribution in [3.8, 4) is 10.7 Å². The van der Waals surface area contributed by atoms with Crippen LogP contribution in [0, 0.1) is 5.92 Å². The number of nitrogens with zero attached hydrogens (tertiary/aromatic N) is 2.